The quantitative estimate of drug-likeness (QED) is 0.360. The van der Waals surface area contributed by atoms with Gasteiger partial charge in [0, 0.05) is 18.5 Å². The Kier molecular flexibility index (Phi) is 7.34. The summed E-state index contributed by atoms with van der Waals surface area (Å²) in [4.78, 5) is 7.12. The first-order valence-electron chi connectivity index (χ1n) is 8.06. The zero-order valence-electron chi connectivity index (χ0n) is 14.8. The summed E-state index contributed by atoms with van der Waals surface area (Å²) in [5.41, 5.74) is 2.73. The zero-order valence-corrected chi connectivity index (χ0v) is 16.4. The monoisotopic (exact) mass is 364 g/mol. The van der Waals surface area contributed by atoms with Gasteiger partial charge in [0.05, 0.1) is 0 Å². The van der Waals surface area contributed by atoms with E-state index in [9.17, 15) is 0 Å². The fourth-order valence-corrected chi connectivity index (χ4v) is 2.50. The fraction of sp³-hybridized carbons (Fsp3) is 0.526. The van der Waals surface area contributed by atoms with E-state index in [1.165, 1.54) is 11.1 Å². The first-order valence-corrected chi connectivity index (χ1v) is 8.85. The molecule has 0 fully saturated rings. The van der Waals surface area contributed by atoms with E-state index in [0.29, 0.717) is 0 Å². The van der Waals surface area contributed by atoms with E-state index in [-0.39, 0.29) is 5.54 Å². The summed E-state index contributed by atoms with van der Waals surface area (Å²) in [6.45, 7) is 13.9. The van der Waals surface area contributed by atoms with Gasteiger partial charge in [-0.1, -0.05) is 44.2 Å². The first kappa shape index (κ1) is 19.0. The molecule has 1 aromatic rings. The van der Waals surface area contributed by atoms with Crippen molar-refractivity contribution in [3.8, 4) is 0 Å². The molecule has 2 nitrogen and oxygen atoms in total. The molecule has 22 heavy (non-hydrogen) atoms. The van der Waals surface area contributed by atoms with Crippen molar-refractivity contribution in [2.24, 2.45) is 4.99 Å². The van der Waals surface area contributed by atoms with Gasteiger partial charge in [0.25, 0.3) is 0 Å². The van der Waals surface area contributed by atoms with Crippen LogP contribution >= 0.6 is 15.9 Å². The average molecular weight is 365 g/mol. The average Bonchev–Trinajstić information content (AvgIpc) is 2.49. The van der Waals surface area contributed by atoms with Crippen LogP contribution in [0.15, 0.2) is 39.9 Å². The molecule has 1 aromatic carbocycles. The van der Waals surface area contributed by atoms with Crippen LogP contribution in [0.5, 0.6) is 0 Å². The van der Waals surface area contributed by atoms with Gasteiger partial charge < -0.3 is 4.90 Å². The number of allylic oxidation sites excluding steroid dienone is 1. The SMILES string of the molecule is C/C=C(Br)\N=C(/CC)N(Cc1ccc(CC)cc1)C(C)(C)C. The maximum absolute atomic E-state index is 4.73. The molecule has 0 N–H and O–H groups in total. The van der Waals surface area contributed by atoms with E-state index < -0.39 is 0 Å². The lowest BCUT2D eigenvalue weighted by Crippen LogP contribution is -2.44. The van der Waals surface area contributed by atoms with E-state index in [2.05, 4.69) is 79.7 Å². The predicted octanol–water partition coefficient (Wildman–Crippen LogP) is 5.91. The Morgan fingerprint density at radius 2 is 1.68 bits per heavy atom. The number of benzene rings is 1. The number of amidine groups is 1. The van der Waals surface area contributed by atoms with E-state index >= 15 is 0 Å². The van der Waals surface area contributed by atoms with Crippen molar-refractivity contribution in [1.29, 1.82) is 0 Å². The molecule has 0 aliphatic carbocycles. The van der Waals surface area contributed by atoms with Gasteiger partial charge in [-0.2, -0.15) is 0 Å². The van der Waals surface area contributed by atoms with Gasteiger partial charge in [0.15, 0.2) is 0 Å². The molecule has 1 rings (SSSR count). The lowest BCUT2D eigenvalue weighted by atomic mass is 10.0. The number of aryl methyl sites for hydroxylation is 1. The maximum Gasteiger partial charge on any atom is 0.106 e. The number of halogens is 1. The molecule has 3 heteroatoms. The lowest BCUT2D eigenvalue weighted by molar-refractivity contribution is 0.225. The molecule has 0 aliphatic rings. The number of rotatable bonds is 5. The number of aliphatic imine (C=N–C) groups is 1. The Bertz CT molecular complexity index is 521. The number of hydrogen-bond acceptors (Lipinski definition) is 1. The molecular weight excluding hydrogens is 336 g/mol. The third-order valence-corrected chi connectivity index (χ3v) is 4.32. The molecule has 0 atom stereocenters. The highest BCUT2D eigenvalue weighted by atomic mass is 79.9. The van der Waals surface area contributed by atoms with Gasteiger partial charge in [-0.25, -0.2) is 4.99 Å². The summed E-state index contributed by atoms with van der Waals surface area (Å²) >= 11 is 3.50. The molecule has 0 aliphatic heterocycles. The molecule has 0 saturated heterocycles. The van der Waals surface area contributed by atoms with Crippen LogP contribution in [0.4, 0.5) is 0 Å². The third kappa shape index (κ3) is 5.60. The highest BCUT2D eigenvalue weighted by Gasteiger charge is 2.24. The van der Waals surface area contributed by atoms with E-state index in [1.807, 2.05) is 13.0 Å². The standard InChI is InChI=1S/C19H29BrN2/c1-7-15-10-12-16(13-11-15)14-22(19(4,5)6)18(9-3)21-17(20)8-2/h8,10-13H,7,9,14H2,1-6H3/b17-8-,21-18+. The van der Waals surface area contributed by atoms with Crippen LogP contribution in [0, 0.1) is 0 Å². The first-order chi connectivity index (χ1) is 10.3. The molecule has 0 bridgehead atoms. The number of hydrogen-bond donors (Lipinski definition) is 0. The van der Waals surface area contributed by atoms with Crippen LogP contribution < -0.4 is 0 Å². The van der Waals surface area contributed by atoms with Crippen molar-refractivity contribution in [2.45, 2.75) is 66.5 Å². The number of nitrogens with zero attached hydrogens (tertiary/aromatic N) is 2. The van der Waals surface area contributed by atoms with Crippen LogP contribution in [-0.2, 0) is 13.0 Å². The van der Waals surface area contributed by atoms with Gasteiger partial charge >= 0.3 is 0 Å². The molecule has 0 heterocycles. The van der Waals surface area contributed by atoms with Crippen LogP contribution in [0.3, 0.4) is 0 Å². The van der Waals surface area contributed by atoms with Crippen molar-refractivity contribution >= 4 is 21.8 Å². The molecule has 0 aromatic heterocycles. The second-order valence-corrected chi connectivity index (χ2v) is 7.23. The second kappa shape index (κ2) is 8.52. The van der Waals surface area contributed by atoms with Crippen LogP contribution in [0.25, 0.3) is 0 Å². The summed E-state index contributed by atoms with van der Waals surface area (Å²) in [7, 11) is 0. The van der Waals surface area contributed by atoms with Crippen molar-refractivity contribution in [3.63, 3.8) is 0 Å². The minimum Gasteiger partial charge on any atom is -0.351 e. The minimum absolute atomic E-state index is 0.0271. The van der Waals surface area contributed by atoms with Crippen LogP contribution in [0.2, 0.25) is 0 Å². The molecule has 0 spiro atoms. The summed E-state index contributed by atoms with van der Waals surface area (Å²) in [5, 5.41) is 0. The molecule has 0 amide bonds. The molecule has 122 valence electrons. The Balaban J connectivity index is 3.09. The van der Waals surface area contributed by atoms with E-state index in [1.54, 1.807) is 0 Å². The van der Waals surface area contributed by atoms with Gasteiger partial charge in [-0.3, -0.25) is 0 Å². The molecular formula is C19H29BrN2. The van der Waals surface area contributed by atoms with Gasteiger partial charge in [0.2, 0.25) is 0 Å². The smallest absolute Gasteiger partial charge is 0.106 e. The Morgan fingerprint density at radius 1 is 1.14 bits per heavy atom. The highest BCUT2D eigenvalue weighted by molar-refractivity contribution is 9.11. The maximum atomic E-state index is 4.73. The Hall–Kier alpha value is -1.09. The van der Waals surface area contributed by atoms with Crippen LogP contribution in [-0.4, -0.2) is 16.3 Å². The van der Waals surface area contributed by atoms with E-state index in [4.69, 9.17) is 4.99 Å². The second-order valence-electron chi connectivity index (χ2n) is 6.42. The zero-order chi connectivity index (χ0) is 16.8. The van der Waals surface area contributed by atoms with Crippen molar-refractivity contribution < 1.29 is 0 Å². The van der Waals surface area contributed by atoms with Gasteiger partial charge in [0.1, 0.15) is 10.4 Å². The van der Waals surface area contributed by atoms with Gasteiger partial charge in [-0.05, 0) is 61.2 Å². The van der Waals surface area contributed by atoms with Crippen molar-refractivity contribution in [1.82, 2.24) is 4.90 Å². The third-order valence-electron chi connectivity index (χ3n) is 3.68. The predicted molar refractivity (Wildman–Crippen MR) is 102 cm³/mol. The highest BCUT2D eigenvalue weighted by Crippen LogP contribution is 2.21. The minimum atomic E-state index is 0.0271. The van der Waals surface area contributed by atoms with Crippen molar-refractivity contribution in [3.05, 3.63) is 46.1 Å². The fourth-order valence-electron chi connectivity index (χ4n) is 2.30. The Labute approximate surface area is 144 Å². The normalized spacial score (nSPS) is 13.4. The van der Waals surface area contributed by atoms with Gasteiger partial charge in [-0.15, -0.1) is 0 Å². The topological polar surface area (TPSA) is 15.6 Å². The summed E-state index contributed by atoms with van der Waals surface area (Å²) in [6, 6.07) is 8.91. The lowest BCUT2D eigenvalue weighted by Gasteiger charge is -2.38. The summed E-state index contributed by atoms with van der Waals surface area (Å²) in [6.07, 6.45) is 3.97. The summed E-state index contributed by atoms with van der Waals surface area (Å²) < 4.78 is 0.889. The van der Waals surface area contributed by atoms with Crippen molar-refractivity contribution in [2.75, 3.05) is 0 Å². The van der Waals surface area contributed by atoms with Crippen LogP contribution in [0.1, 0.15) is 59.1 Å². The van der Waals surface area contributed by atoms with E-state index in [0.717, 1.165) is 29.8 Å². The molecule has 0 saturated carbocycles. The largest absolute Gasteiger partial charge is 0.351 e. The Morgan fingerprint density at radius 3 is 2.09 bits per heavy atom. The summed E-state index contributed by atoms with van der Waals surface area (Å²) in [5.74, 6) is 1.11. The molecule has 0 radical (unpaired) electrons. The molecule has 0 unspecified atom stereocenters.